The van der Waals surface area contributed by atoms with E-state index >= 15 is 0 Å². The van der Waals surface area contributed by atoms with E-state index in [9.17, 15) is 24.3 Å². The predicted molar refractivity (Wildman–Crippen MR) is 123 cm³/mol. The van der Waals surface area contributed by atoms with E-state index in [2.05, 4.69) is 43.2 Å². The van der Waals surface area contributed by atoms with Crippen molar-refractivity contribution in [3.8, 4) is 0 Å². The molecule has 1 aliphatic rings. The lowest BCUT2D eigenvalue weighted by Crippen LogP contribution is -2.57. The van der Waals surface area contributed by atoms with Gasteiger partial charge in [-0.15, -0.1) is 0 Å². The Labute approximate surface area is 200 Å². The van der Waals surface area contributed by atoms with E-state index in [-0.39, 0.29) is 18.6 Å². The van der Waals surface area contributed by atoms with E-state index in [1.54, 1.807) is 6.20 Å². The molecule has 184 valence electrons. The van der Waals surface area contributed by atoms with Gasteiger partial charge in [0, 0.05) is 48.9 Å². The van der Waals surface area contributed by atoms with Gasteiger partial charge in [-0.2, -0.15) is 12.6 Å². The number of likely N-dealkylation sites (tertiary alicyclic amines) is 1. The molecule has 0 spiro atoms. The molecule has 1 saturated heterocycles. The zero-order valence-corrected chi connectivity index (χ0v) is 19.2. The third-order valence-corrected chi connectivity index (χ3v) is 5.93. The lowest BCUT2D eigenvalue weighted by atomic mass is 10.1. The maximum atomic E-state index is 13.5. The maximum Gasteiger partial charge on any atom is 0.327 e. The molecule has 3 heterocycles. The van der Waals surface area contributed by atoms with Gasteiger partial charge in [0.15, 0.2) is 0 Å². The Bertz CT molecular complexity index is 983. The number of thiol groups is 1. The molecule has 2 aromatic heterocycles. The first-order valence-electron chi connectivity index (χ1n) is 10.7. The number of carboxylic acids is 1. The number of carbonyl (C=O) groups excluding carboxylic acids is 3. The minimum Gasteiger partial charge on any atom is -0.480 e. The molecule has 34 heavy (non-hydrogen) atoms. The van der Waals surface area contributed by atoms with E-state index in [0.717, 1.165) is 0 Å². The quantitative estimate of drug-likeness (QED) is 0.178. The van der Waals surface area contributed by atoms with Crippen molar-refractivity contribution in [3.05, 3.63) is 36.4 Å². The molecule has 7 N–H and O–H groups in total. The fourth-order valence-corrected chi connectivity index (χ4v) is 4.03. The Balaban J connectivity index is 1.72. The van der Waals surface area contributed by atoms with Crippen LogP contribution >= 0.6 is 12.6 Å². The van der Waals surface area contributed by atoms with Gasteiger partial charge in [0.05, 0.1) is 18.7 Å². The highest BCUT2D eigenvalue weighted by atomic mass is 32.1. The van der Waals surface area contributed by atoms with Gasteiger partial charge in [-0.3, -0.25) is 14.4 Å². The van der Waals surface area contributed by atoms with Crippen molar-refractivity contribution in [2.45, 2.75) is 49.9 Å². The molecule has 0 aromatic carbocycles. The summed E-state index contributed by atoms with van der Waals surface area (Å²) in [7, 11) is 0. The number of carboxylic acid groups (broad SMARTS) is 1. The monoisotopic (exact) mass is 492 g/mol. The van der Waals surface area contributed by atoms with Crippen molar-refractivity contribution in [2.24, 2.45) is 5.73 Å². The first-order chi connectivity index (χ1) is 16.3. The summed E-state index contributed by atoms with van der Waals surface area (Å²) in [6.45, 7) is 0.297. The van der Waals surface area contributed by atoms with Crippen LogP contribution < -0.4 is 16.4 Å². The van der Waals surface area contributed by atoms with Gasteiger partial charge in [0.25, 0.3) is 0 Å². The number of nitrogens with two attached hydrogens (primary N) is 1. The third-order valence-electron chi connectivity index (χ3n) is 5.56. The lowest BCUT2D eigenvalue weighted by Gasteiger charge is -2.29. The molecule has 0 bridgehead atoms. The molecule has 3 amide bonds. The first kappa shape index (κ1) is 25.2. The topological polar surface area (TPSA) is 199 Å². The molecular formula is C20H28N8O5S. The molecule has 2 aromatic rings. The second-order valence-corrected chi connectivity index (χ2v) is 8.37. The van der Waals surface area contributed by atoms with Crippen LogP contribution in [0.3, 0.4) is 0 Å². The maximum absolute atomic E-state index is 13.5. The van der Waals surface area contributed by atoms with Crippen LogP contribution in [0.1, 0.15) is 24.2 Å². The van der Waals surface area contributed by atoms with Gasteiger partial charge in [-0.1, -0.05) is 0 Å². The van der Waals surface area contributed by atoms with Crippen molar-refractivity contribution < 1.29 is 24.3 Å². The first-order valence-corrected chi connectivity index (χ1v) is 11.4. The van der Waals surface area contributed by atoms with Crippen molar-refractivity contribution in [1.29, 1.82) is 0 Å². The number of hydrogen-bond donors (Lipinski definition) is 7. The van der Waals surface area contributed by atoms with E-state index in [1.807, 2.05) is 0 Å². The van der Waals surface area contributed by atoms with Crippen molar-refractivity contribution in [2.75, 3.05) is 12.3 Å². The van der Waals surface area contributed by atoms with Gasteiger partial charge < -0.3 is 36.3 Å². The normalized spacial score (nSPS) is 18.2. The van der Waals surface area contributed by atoms with E-state index in [1.165, 1.54) is 23.8 Å². The van der Waals surface area contributed by atoms with Crippen LogP contribution in [0.4, 0.5) is 0 Å². The molecule has 4 unspecified atom stereocenters. The van der Waals surface area contributed by atoms with Crippen LogP contribution in [0, 0.1) is 0 Å². The standard InChI is InChI=1S/C20H28N8O5S/c21-13(4-11-6-22-9-24-11)17(29)26-14(5-12-7-23-10-25-12)19(31)28-3-1-2-16(28)18(30)27-15(8-34)20(32)33/h6-7,9-10,13-16,34H,1-5,8,21H2,(H,22,24)(H,23,25)(H,26,29)(H,27,30)(H,32,33). The largest absolute Gasteiger partial charge is 0.480 e. The number of amides is 3. The van der Waals surface area contributed by atoms with Gasteiger partial charge in [0.1, 0.15) is 18.1 Å². The molecule has 1 fully saturated rings. The Morgan fingerprint density at radius 3 is 2.32 bits per heavy atom. The molecule has 0 saturated carbocycles. The zero-order valence-electron chi connectivity index (χ0n) is 18.3. The number of nitrogens with one attached hydrogen (secondary N) is 4. The number of aromatic amines is 2. The van der Waals surface area contributed by atoms with E-state index < -0.39 is 47.9 Å². The van der Waals surface area contributed by atoms with Gasteiger partial charge in [-0.05, 0) is 12.8 Å². The van der Waals surface area contributed by atoms with Crippen LogP contribution in [-0.2, 0) is 32.0 Å². The molecule has 0 radical (unpaired) electrons. The summed E-state index contributed by atoms with van der Waals surface area (Å²) in [4.78, 5) is 65.2. The zero-order chi connectivity index (χ0) is 24.7. The van der Waals surface area contributed by atoms with Crippen LogP contribution in [0.2, 0.25) is 0 Å². The van der Waals surface area contributed by atoms with E-state index in [4.69, 9.17) is 5.73 Å². The second kappa shape index (κ2) is 11.7. The SMILES string of the molecule is NC(Cc1cnc[nH]1)C(=O)NC(Cc1cnc[nH]1)C(=O)N1CCCC1C(=O)NC(CS)C(=O)O. The molecule has 14 heteroatoms. The number of aromatic nitrogens is 4. The lowest BCUT2D eigenvalue weighted by molar-refractivity contribution is -0.144. The van der Waals surface area contributed by atoms with Gasteiger partial charge in [0.2, 0.25) is 17.7 Å². The Morgan fingerprint density at radius 2 is 1.76 bits per heavy atom. The Kier molecular flexibility index (Phi) is 8.65. The molecule has 1 aliphatic heterocycles. The highest BCUT2D eigenvalue weighted by Crippen LogP contribution is 2.20. The van der Waals surface area contributed by atoms with Crippen molar-refractivity contribution >= 4 is 36.3 Å². The molecule has 4 atom stereocenters. The Morgan fingerprint density at radius 1 is 1.12 bits per heavy atom. The number of imidazole rings is 2. The fourth-order valence-electron chi connectivity index (χ4n) is 3.78. The highest BCUT2D eigenvalue weighted by Gasteiger charge is 2.39. The summed E-state index contributed by atoms with van der Waals surface area (Å²) in [5.74, 6) is -2.88. The van der Waals surface area contributed by atoms with Crippen LogP contribution in [0.5, 0.6) is 0 Å². The summed E-state index contributed by atoms with van der Waals surface area (Å²) in [6.07, 6.45) is 7.28. The third kappa shape index (κ3) is 6.35. The number of aliphatic carboxylic acids is 1. The van der Waals surface area contributed by atoms with Crippen LogP contribution in [-0.4, -0.2) is 90.1 Å². The van der Waals surface area contributed by atoms with Crippen molar-refractivity contribution in [3.63, 3.8) is 0 Å². The van der Waals surface area contributed by atoms with Crippen molar-refractivity contribution in [1.82, 2.24) is 35.5 Å². The summed E-state index contributed by atoms with van der Waals surface area (Å²) in [5, 5.41) is 14.3. The molecular weight excluding hydrogens is 464 g/mol. The number of nitrogens with zero attached hydrogens (tertiary/aromatic N) is 3. The molecule has 3 rings (SSSR count). The smallest absolute Gasteiger partial charge is 0.327 e. The average Bonchev–Trinajstić information content (AvgIpc) is 3.58. The highest BCUT2D eigenvalue weighted by molar-refractivity contribution is 7.80. The predicted octanol–water partition coefficient (Wildman–Crippen LogP) is -1.78. The van der Waals surface area contributed by atoms with E-state index in [0.29, 0.717) is 30.8 Å². The van der Waals surface area contributed by atoms with Gasteiger partial charge >= 0.3 is 5.97 Å². The second-order valence-electron chi connectivity index (χ2n) is 8.00. The average molecular weight is 493 g/mol. The Hall–Kier alpha value is -3.39. The van der Waals surface area contributed by atoms with Gasteiger partial charge in [-0.25, -0.2) is 14.8 Å². The van der Waals surface area contributed by atoms with Crippen LogP contribution in [0.15, 0.2) is 25.0 Å². The molecule has 0 aliphatic carbocycles. The molecule has 13 nitrogen and oxygen atoms in total. The minimum absolute atomic E-state index is 0.0888. The number of carbonyl (C=O) groups is 4. The summed E-state index contributed by atoms with van der Waals surface area (Å²) in [5.41, 5.74) is 7.31. The summed E-state index contributed by atoms with van der Waals surface area (Å²) in [6, 6.07) is -3.96. The number of H-pyrrole nitrogens is 2. The summed E-state index contributed by atoms with van der Waals surface area (Å²) >= 11 is 3.95. The van der Waals surface area contributed by atoms with Crippen LogP contribution in [0.25, 0.3) is 0 Å². The number of rotatable bonds is 11. The number of hydrogen-bond acceptors (Lipinski definition) is 8. The summed E-state index contributed by atoms with van der Waals surface area (Å²) < 4.78 is 0. The fraction of sp³-hybridized carbons (Fsp3) is 0.500. The minimum atomic E-state index is -1.21.